The number of nitrogens with one attached hydrogen (secondary N) is 1. The van der Waals surface area contributed by atoms with E-state index in [0.29, 0.717) is 16.9 Å². The predicted molar refractivity (Wildman–Crippen MR) is 83.3 cm³/mol. The molecular weight excluding hydrogens is 292 g/mol. The second kappa shape index (κ2) is 6.13. The highest BCUT2D eigenvalue weighted by Gasteiger charge is 2.12. The highest BCUT2D eigenvalue weighted by atomic mass is 32.1. The second-order valence-electron chi connectivity index (χ2n) is 4.76. The molecule has 110 valence electrons. The van der Waals surface area contributed by atoms with Gasteiger partial charge in [-0.3, -0.25) is 0 Å². The lowest BCUT2D eigenvalue weighted by atomic mass is 10.1. The topological polar surface area (TPSA) is 50.9 Å². The zero-order valence-corrected chi connectivity index (χ0v) is 12.5. The summed E-state index contributed by atoms with van der Waals surface area (Å²) in [7, 11) is 0. The molecule has 0 bridgehead atoms. The minimum Gasteiger partial charge on any atom is -0.389 e. The molecule has 1 heterocycles. The lowest BCUT2D eigenvalue weighted by Crippen LogP contribution is -2.17. The van der Waals surface area contributed by atoms with E-state index in [1.165, 1.54) is 12.1 Å². The van der Waals surface area contributed by atoms with Crippen molar-refractivity contribution in [1.29, 1.82) is 0 Å². The Kier molecular flexibility index (Phi) is 4.47. The summed E-state index contributed by atoms with van der Waals surface area (Å²) in [6.45, 7) is 3.89. The highest BCUT2D eigenvalue weighted by molar-refractivity contribution is 7.80. The number of hydrogen-bond donors (Lipinski definition) is 2. The first-order valence-electron chi connectivity index (χ1n) is 6.34. The molecule has 0 spiro atoms. The molecule has 0 radical (unpaired) electrons. The maximum atomic E-state index is 13.6. The molecule has 0 aliphatic rings. The Labute approximate surface area is 127 Å². The Morgan fingerprint density at radius 2 is 2.00 bits per heavy atom. The van der Waals surface area contributed by atoms with Gasteiger partial charge in [0.1, 0.15) is 22.4 Å². The number of benzene rings is 1. The van der Waals surface area contributed by atoms with Crippen LogP contribution in [0.3, 0.4) is 0 Å². The van der Waals surface area contributed by atoms with Gasteiger partial charge < -0.3 is 11.1 Å². The van der Waals surface area contributed by atoms with Gasteiger partial charge in [-0.2, -0.15) is 0 Å². The van der Waals surface area contributed by atoms with E-state index in [1.807, 2.05) is 19.9 Å². The number of nitrogens with zero attached hydrogens (tertiary/aromatic N) is 1. The SMILES string of the molecule is Cc1cc(C)c(C(N)=S)c(NCc2ccc(F)cc2F)n1. The van der Waals surface area contributed by atoms with Crippen molar-refractivity contribution < 1.29 is 8.78 Å². The van der Waals surface area contributed by atoms with Crippen molar-refractivity contribution in [3.63, 3.8) is 0 Å². The third kappa shape index (κ3) is 3.52. The van der Waals surface area contributed by atoms with Crippen molar-refractivity contribution >= 4 is 23.0 Å². The predicted octanol–water partition coefficient (Wildman–Crippen LogP) is 3.22. The van der Waals surface area contributed by atoms with E-state index in [4.69, 9.17) is 18.0 Å². The fraction of sp³-hybridized carbons (Fsp3) is 0.200. The molecular formula is C15H15F2N3S. The van der Waals surface area contributed by atoms with E-state index in [0.717, 1.165) is 17.3 Å². The van der Waals surface area contributed by atoms with Crippen molar-refractivity contribution in [1.82, 2.24) is 4.98 Å². The number of aromatic nitrogens is 1. The molecule has 3 N–H and O–H groups in total. The van der Waals surface area contributed by atoms with Crippen LogP contribution in [0.5, 0.6) is 0 Å². The van der Waals surface area contributed by atoms with Crippen LogP contribution in [-0.2, 0) is 6.54 Å². The second-order valence-corrected chi connectivity index (χ2v) is 5.20. The quantitative estimate of drug-likeness (QED) is 0.852. The monoisotopic (exact) mass is 307 g/mol. The third-order valence-electron chi connectivity index (χ3n) is 3.05. The maximum absolute atomic E-state index is 13.6. The number of thiocarbonyl (C=S) groups is 1. The van der Waals surface area contributed by atoms with Gasteiger partial charge in [-0.15, -0.1) is 0 Å². The standard InChI is InChI=1S/C15H15F2N3S/c1-8-5-9(2)20-15(13(8)14(18)21)19-7-10-3-4-11(16)6-12(10)17/h3-6H,7H2,1-2H3,(H2,18,21)(H,19,20). The van der Waals surface area contributed by atoms with E-state index in [2.05, 4.69) is 10.3 Å². The van der Waals surface area contributed by atoms with Gasteiger partial charge in [-0.05, 0) is 31.5 Å². The molecule has 0 amide bonds. The third-order valence-corrected chi connectivity index (χ3v) is 3.26. The molecule has 0 saturated carbocycles. The molecule has 6 heteroatoms. The molecule has 2 aromatic rings. The average Bonchev–Trinajstić information content (AvgIpc) is 2.36. The number of anilines is 1. The molecule has 0 unspecified atom stereocenters. The highest BCUT2D eigenvalue weighted by Crippen LogP contribution is 2.20. The van der Waals surface area contributed by atoms with Gasteiger partial charge in [0, 0.05) is 23.9 Å². The van der Waals surface area contributed by atoms with Crippen LogP contribution in [0, 0.1) is 25.5 Å². The van der Waals surface area contributed by atoms with Crippen molar-refractivity contribution in [2.45, 2.75) is 20.4 Å². The fourth-order valence-electron chi connectivity index (χ4n) is 2.12. The van der Waals surface area contributed by atoms with Gasteiger partial charge in [-0.1, -0.05) is 18.3 Å². The van der Waals surface area contributed by atoms with Crippen LogP contribution in [0.15, 0.2) is 24.3 Å². The van der Waals surface area contributed by atoms with E-state index >= 15 is 0 Å². The Balaban J connectivity index is 2.29. The minimum absolute atomic E-state index is 0.164. The molecule has 0 saturated heterocycles. The molecule has 1 aromatic heterocycles. The van der Waals surface area contributed by atoms with Crippen molar-refractivity contribution in [3.8, 4) is 0 Å². The first-order chi connectivity index (χ1) is 9.88. The van der Waals surface area contributed by atoms with Crippen molar-refractivity contribution in [2.75, 3.05) is 5.32 Å². The summed E-state index contributed by atoms with van der Waals surface area (Å²) >= 11 is 5.03. The lowest BCUT2D eigenvalue weighted by Gasteiger charge is -2.14. The molecule has 0 fully saturated rings. The van der Waals surface area contributed by atoms with Gasteiger partial charge in [-0.25, -0.2) is 13.8 Å². The largest absolute Gasteiger partial charge is 0.389 e. The first kappa shape index (κ1) is 15.3. The summed E-state index contributed by atoms with van der Waals surface area (Å²) in [4.78, 5) is 4.57. The van der Waals surface area contributed by atoms with Gasteiger partial charge in [0.05, 0.1) is 5.56 Å². The Morgan fingerprint density at radius 3 is 2.62 bits per heavy atom. The first-order valence-corrected chi connectivity index (χ1v) is 6.75. The smallest absolute Gasteiger partial charge is 0.137 e. The van der Waals surface area contributed by atoms with E-state index in [1.54, 1.807) is 0 Å². The van der Waals surface area contributed by atoms with Crippen molar-refractivity contribution in [3.05, 3.63) is 58.3 Å². The molecule has 0 aliphatic carbocycles. The molecule has 21 heavy (non-hydrogen) atoms. The number of hydrogen-bond acceptors (Lipinski definition) is 3. The summed E-state index contributed by atoms with van der Waals surface area (Å²) in [5.74, 6) is -0.711. The van der Waals surface area contributed by atoms with E-state index < -0.39 is 11.6 Å². The molecule has 0 atom stereocenters. The van der Waals surface area contributed by atoms with Crippen LogP contribution in [0.2, 0.25) is 0 Å². The molecule has 2 rings (SSSR count). The number of pyridine rings is 1. The normalized spacial score (nSPS) is 10.5. The van der Waals surface area contributed by atoms with Gasteiger partial charge in [0.15, 0.2) is 0 Å². The van der Waals surface area contributed by atoms with Gasteiger partial charge in [0.25, 0.3) is 0 Å². The summed E-state index contributed by atoms with van der Waals surface area (Å²) in [6, 6.07) is 5.32. The summed E-state index contributed by atoms with van der Waals surface area (Å²) in [5.41, 5.74) is 8.39. The maximum Gasteiger partial charge on any atom is 0.137 e. The van der Waals surface area contributed by atoms with Gasteiger partial charge in [0.2, 0.25) is 0 Å². The van der Waals surface area contributed by atoms with Gasteiger partial charge >= 0.3 is 0 Å². The molecule has 0 aliphatic heterocycles. The summed E-state index contributed by atoms with van der Waals surface area (Å²) < 4.78 is 26.5. The number of halogens is 2. The summed E-state index contributed by atoms with van der Waals surface area (Å²) in [5, 5.41) is 3.01. The Bertz CT molecular complexity index is 702. The number of nitrogens with two attached hydrogens (primary N) is 1. The van der Waals surface area contributed by atoms with Crippen molar-refractivity contribution in [2.24, 2.45) is 5.73 Å². The molecule has 1 aromatic carbocycles. The zero-order chi connectivity index (χ0) is 15.6. The lowest BCUT2D eigenvalue weighted by molar-refractivity contribution is 0.574. The fourth-order valence-corrected chi connectivity index (χ4v) is 2.38. The molecule has 3 nitrogen and oxygen atoms in total. The van der Waals surface area contributed by atoms with Crippen LogP contribution >= 0.6 is 12.2 Å². The number of aryl methyl sites for hydroxylation is 2. The van der Waals surface area contributed by atoms with E-state index in [-0.39, 0.29) is 11.5 Å². The summed E-state index contributed by atoms with van der Waals surface area (Å²) in [6.07, 6.45) is 0. The van der Waals surface area contributed by atoms with Crippen LogP contribution in [0.4, 0.5) is 14.6 Å². The van der Waals surface area contributed by atoms with Crippen LogP contribution in [0.25, 0.3) is 0 Å². The van der Waals surface area contributed by atoms with E-state index in [9.17, 15) is 8.78 Å². The zero-order valence-electron chi connectivity index (χ0n) is 11.7. The Morgan fingerprint density at radius 1 is 1.29 bits per heavy atom. The average molecular weight is 307 g/mol. The van der Waals surface area contributed by atoms with Crippen LogP contribution in [-0.4, -0.2) is 9.97 Å². The van der Waals surface area contributed by atoms with Crippen LogP contribution < -0.4 is 11.1 Å². The van der Waals surface area contributed by atoms with Crippen LogP contribution in [0.1, 0.15) is 22.4 Å². The number of rotatable bonds is 4. The Hall–Kier alpha value is -2.08. The minimum atomic E-state index is -0.608.